The van der Waals surface area contributed by atoms with E-state index >= 15 is 0 Å². The van der Waals surface area contributed by atoms with Crippen LogP contribution >= 0.6 is 0 Å². The van der Waals surface area contributed by atoms with Crippen LogP contribution in [0.3, 0.4) is 0 Å². The molecule has 1 aliphatic rings. The van der Waals surface area contributed by atoms with Crippen molar-refractivity contribution in [3.63, 3.8) is 0 Å². The summed E-state index contributed by atoms with van der Waals surface area (Å²) in [5.41, 5.74) is -1.01. The molecule has 0 unspecified atom stereocenters. The number of pyridine rings is 1. The molecule has 2 aromatic rings. The van der Waals surface area contributed by atoms with E-state index in [-0.39, 0.29) is 28.4 Å². The van der Waals surface area contributed by atoms with Crippen LogP contribution < -0.4 is 10.9 Å². The van der Waals surface area contributed by atoms with Crippen LogP contribution in [0.4, 0.5) is 11.4 Å². The Morgan fingerprint density at radius 2 is 1.89 bits per heavy atom. The first-order valence-corrected chi connectivity index (χ1v) is 8.51. The van der Waals surface area contributed by atoms with E-state index in [9.17, 15) is 24.5 Å². The minimum absolute atomic E-state index is 0.134. The van der Waals surface area contributed by atoms with E-state index in [4.69, 9.17) is 4.74 Å². The van der Waals surface area contributed by atoms with Crippen molar-refractivity contribution in [1.29, 1.82) is 0 Å². The third-order valence-corrected chi connectivity index (χ3v) is 4.32. The quantitative estimate of drug-likeness (QED) is 0.618. The number of benzene rings is 1. The molecule has 146 valence electrons. The Labute approximate surface area is 159 Å². The molecule has 1 aromatic heterocycles. The number of rotatable bonds is 4. The number of aromatic nitrogens is 1. The van der Waals surface area contributed by atoms with Crippen molar-refractivity contribution in [1.82, 2.24) is 9.47 Å². The second-order valence-electron chi connectivity index (χ2n) is 6.19. The van der Waals surface area contributed by atoms with Gasteiger partial charge in [-0.25, -0.2) is 0 Å². The topological polar surface area (TPSA) is 124 Å². The molecule has 0 aliphatic carbocycles. The predicted molar refractivity (Wildman–Crippen MR) is 99.5 cm³/mol. The van der Waals surface area contributed by atoms with E-state index in [1.165, 1.54) is 48.1 Å². The summed E-state index contributed by atoms with van der Waals surface area (Å²) in [4.78, 5) is 49.6. The molecular weight excluding hydrogens is 368 g/mol. The summed E-state index contributed by atoms with van der Waals surface area (Å²) in [5, 5.41) is 13.5. The summed E-state index contributed by atoms with van der Waals surface area (Å²) in [6.07, 6.45) is 1.39. The molecule has 0 atom stereocenters. The van der Waals surface area contributed by atoms with Gasteiger partial charge in [0.15, 0.2) is 0 Å². The molecule has 0 spiro atoms. The van der Waals surface area contributed by atoms with Crippen molar-refractivity contribution in [2.45, 2.75) is 0 Å². The molecule has 2 heterocycles. The van der Waals surface area contributed by atoms with Gasteiger partial charge in [-0.15, -0.1) is 0 Å². The number of carbonyl (C=O) groups excluding carboxylic acids is 2. The molecule has 1 aliphatic heterocycles. The van der Waals surface area contributed by atoms with Gasteiger partial charge >= 0.3 is 0 Å². The van der Waals surface area contributed by atoms with Crippen molar-refractivity contribution in [2.75, 3.05) is 31.6 Å². The number of nitro groups is 1. The van der Waals surface area contributed by atoms with Gasteiger partial charge < -0.3 is 19.5 Å². The second kappa shape index (κ2) is 8.01. The zero-order valence-electron chi connectivity index (χ0n) is 15.1. The van der Waals surface area contributed by atoms with Crippen LogP contribution in [0, 0.1) is 10.1 Å². The first-order chi connectivity index (χ1) is 13.4. The van der Waals surface area contributed by atoms with Crippen molar-refractivity contribution in [3.8, 4) is 0 Å². The number of carbonyl (C=O) groups is 2. The number of para-hydroxylation sites is 1. The van der Waals surface area contributed by atoms with Crippen LogP contribution in [0.15, 0.2) is 41.3 Å². The highest BCUT2D eigenvalue weighted by Crippen LogP contribution is 2.19. The van der Waals surface area contributed by atoms with E-state index in [1.54, 1.807) is 4.90 Å². The monoisotopic (exact) mass is 386 g/mol. The molecule has 10 heteroatoms. The fraction of sp³-hybridized carbons (Fsp3) is 0.278. The lowest BCUT2D eigenvalue weighted by Gasteiger charge is -2.27. The third-order valence-electron chi connectivity index (χ3n) is 4.32. The van der Waals surface area contributed by atoms with Gasteiger partial charge in [0.25, 0.3) is 23.1 Å². The van der Waals surface area contributed by atoms with Crippen LogP contribution in [-0.4, -0.2) is 52.5 Å². The average molecular weight is 386 g/mol. The standard InChI is InChI=1S/C18H18N4O6/c1-20-11-12(17(24)21-6-8-28-9-7-21)10-14(18(20)25)19-16(23)13-4-2-3-5-15(13)22(26)27/h2-5,10-11H,6-9H2,1H3,(H,19,23). The number of hydrogen-bond donors (Lipinski definition) is 1. The lowest BCUT2D eigenvalue weighted by atomic mass is 10.1. The third kappa shape index (κ3) is 3.91. The second-order valence-corrected chi connectivity index (χ2v) is 6.19. The van der Waals surface area contributed by atoms with Crippen molar-refractivity contribution in [2.24, 2.45) is 7.05 Å². The maximum absolute atomic E-state index is 12.7. The molecule has 0 bridgehead atoms. The van der Waals surface area contributed by atoms with Crippen LogP contribution in [0.1, 0.15) is 20.7 Å². The van der Waals surface area contributed by atoms with Crippen molar-refractivity contribution in [3.05, 3.63) is 68.1 Å². The van der Waals surface area contributed by atoms with Crippen LogP contribution in [0.5, 0.6) is 0 Å². The number of morpholine rings is 1. The average Bonchev–Trinajstić information content (AvgIpc) is 2.71. The summed E-state index contributed by atoms with van der Waals surface area (Å²) in [6.45, 7) is 1.72. The molecule has 1 fully saturated rings. The highest BCUT2D eigenvalue weighted by molar-refractivity contribution is 6.07. The van der Waals surface area contributed by atoms with Crippen LogP contribution in [0.25, 0.3) is 0 Å². The molecule has 3 rings (SSSR count). The minimum atomic E-state index is -0.805. The molecule has 1 saturated heterocycles. The SMILES string of the molecule is Cn1cc(C(=O)N2CCOCC2)cc(NC(=O)c2ccccc2[N+](=O)[O-])c1=O. The van der Waals surface area contributed by atoms with E-state index in [0.717, 1.165) is 0 Å². The molecular formula is C18H18N4O6. The molecule has 0 radical (unpaired) electrons. The Morgan fingerprint density at radius 3 is 2.57 bits per heavy atom. The number of nitrogens with zero attached hydrogens (tertiary/aromatic N) is 3. The first-order valence-electron chi connectivity index (χ1n) is 8.51. The van der Waals surface area contributed by atoms with Gasteiger partial charge in [0.2, 0.25) is 0 Å². The maximum Gasteiger partial charge on any atom is 0.282 e. The van der Waals surface area contributed by atoms with Gasteiger partial charge in [-0.1, -0.05) is 12.1 Å². The molecule has 28 heavy (non-hydrogen) atoms. The van der Waals surface area contributed by atoms with Crippen molar-refractivity contribution < 1.29 is 19.2 Å². The molecule has 2 amide bonds. The number of ether oxygens (including phenoxy) is 1. The van der Waals surface area contributed by atoms with Gasteiger partial charge in [-0.3, -0.25) is 24.5 Å². The Balaban J connectivity index is 1.91. The van der Waals surface area contributed by atoms with Gasteiger partial charge in [-0.05, 0) is 12.1 Å². The predicted octanol–water partition coefficient (Wildman–Crippen LogP) is 1.02. The number of amides is 2. The smallest absolute Gasteiger partial charge is 0.282 e. The molecule has 1 N–H and O–H groups in total. The number of anilines is 1. The number of hydrogen-bond acceptors (Lipinski definition) is 6. The number of nitro benzene ring substituents is 1. The zero-order chi connectivity index (χ0) is 20.3. The van der Waals surface area contributed by atoms with Crippen LogP contribution in [-0.2, 0) is 11.8 Å². The summed E-state index contributed by atoms with van der Waals surface area (Å²) < 4.78 is 6.41. The fourth-order valence-corrected chi connectivity index (χ4v) is 2.88. The largest absolute Gasteiger partial charge is 0.378 e. The highest BCUT2D eigenvalue weighted by Gasteiger charge is 2.23. The van der Waals surface area contributed by atoms with Gasteiger partial charge in [0.05, 0.1) is 23.7 Å². The van der Waals surface area contributed by atoms with Gasteiger partial charge in [0.1, 0.15) is 11.3 Å². The van der Waals surface area contributed by atoms with E-state index in [0.29, 0.717) is 26.3 Å². The fourth-order valence-electron chi connectivity index (χ4n) is 2.88. The first kappa shape index (κ1) is 19.2. The normalized spacial score (nSPS) is 13.8. The molecule has 10 nitrogen and oxygen atoms in total. The Hall–Kier alpha value is -3.53. The molecule has 1 aromatic carbocycles. The Morgan fingerprint density at radius 1 is 1.21 bits per heavy atom. The summed E-state index contributed by atoms with van der Waals surface area (Å²) in [6, 6.07) is 6.70. The Kier molecular flexibility index (Phi) is 5.50. The van der Waals surface area contributed by atoms with Gasteiger partial charge in [-0.2, -0.15) is 0 Å². The maximum atomic E-state index is 12.7. The summed E-state index contributed by atoms with van der Waals surface area (Å²) in [5.74, 6) is -1.10. The summed E-state index contributed by atoms with van der Waals surface area (Å²) in [7, 11) is 1.46. The van der Waals surface area contributed by atoms with Crippen molar-refractivity contribution >= 4 is 23.2 Å². The zero-order valence-corrected chi connectivity index (χ0v) is 15.1. The van der Waals surface area contributed by atoms with Gasteiger partial charge in [0, 0.05) is 32.4 Å². The lowest BCUT2D eigenvalue weighted by Crippen LogP contribution is -2.41. The van der Waals surface area contributed by atoms with Crippen LogP contribution in [0.2, 0.25) is 0 Å². The number of nitrogens with one attached hydrogen (secondary N) is 1. The lowest BCUT2D eigenvalue weighted by molar-refractivity contribution is -0.385. The minimum Gasteiger partial charge on any atom is -0.378 e. The summed E-state index contributed by atoms with van der Waals surface area (Å²) >= 11 is 0. The van der Waals surface area contributed by atoms with E-state index < -0.39 is 16.4 Å². The highest BCUT2D eigenvalue weighted by atomic mass is 16.6. The Bertz CT molecular complexity index is 994. The molecule has 0 saturated carbocycles. The van der Waals surface area contributed by atoms with E-state index in [1.807, 2.05) is 0 Å². The number of aryl methyl sites for hydroxylation is 1. The van der Waals surface area contributed by atoms with E-state index in [2.05, 4.69) is 5.32 Å².